The minimum Gasteiger partial charge on any atom is -0.497 e. The van der Waals surface area contributed by atoms with E-state index in [1.54, 1.807) is 13.2 Å². The Morgan fingerprint density at radius 2 is 2.13 bits per heavy atom. The predicted octanol–water partition coefficient (Wildman–Crippen LogP) is 2.40. The number of carboxylic acids is 1. The molecule has 124 valence electrons. The molecule has 0 saturated carbocycles. The Balaban J connectivity index is 1.77. The quantitative estimate of drug-likeness (QED) is 0.881. The van der Waals surface area contributed by atoms with Gasteiger partial charge >= 0.3 is 5.97 Å². The van der Waals surface area contributed by atoms with Gasteiger partial charge in [-0.05, 0) is 31.5 Å². The van der Waals surface area contributed by atoms with Gasteiger partial charge in [-0.3, -0.25) is 4.90 Å². The normalized spacial score (nSPS) is 15.9. The van der Waals surface area contributed by atoms with E-state index in [9.17, 15) is 9.90 Å². The molecule has 0 unspecified atom stereocenters. The number of ether oxygens (including phenoxy) is 2. The van der Waals surface area contributed by atoms with Gasteiger partial charge in [-0.25, -0.2) is 4.79 Å². The molecule has 6 nitrogen and oxygen atoms in total. The highest BCUT2D eigenvalue weighted by Gasteiger charge is 2.20. The largest absolute Gasteiger partial charge is 0.497 e. The molecular weight excluding hydrogens is 298 g/mol. The molecule has 0 radical (unpaired) electrons. The van der Waals surface area contributed by atoms with Crippen LogP contribution in [0.2, 0.25) is 0 Å². The molecule has 1 fully saturated rings. The van der Waals surface area contributed by atoms with Crippen LogP contribution in [-0.2, 0) is 11.2 Å². The third kappa shape index (κ3) is 3.48. The molecule has 1 aromatic carbocycles. The zero-order valence-electron chi connectivity index (χ0n) is 13.2. The molecule has 23 heavy (non-hydrogen) atoms. The molecular formula is C17H21NO5. The monoisotopic (exact) mass is 319 g/mol. The lowest BCUT2D eigenvalue weighted by molar-refractivity contribution is 0.0374. The van der Waals surface area contributed by atoms with E-state index in [1.807, 2.05) is 12.1 Å². The van der Waals surface area contributed by atoms with Gasteiger partial charge in [0.2, 0.25) is 5.76 Å². The lowest BCUT2D eigenvalue weighted by Gasteiger charge is -2.26. The summed E-state index contributed by atoms with van der Waals surface area (Å²) in [7, 11) is 1.57. The van der Waals surface area contributed by atoms with Gasteiger partial charge in [-0.15, -0.1) is 0 Å². The summed E-state index contributed by atoms with van der Waals surface area (Å²) in [5.74, 6) is -0.333. The minimum atomic E-state index is -1.03. The van der Waals surface area contributed by atoms with Crippen LogP contribution in [0.1, 0.15) is 22.5 Å². The number of morpholine rings is 1. The highest BCUT2D eigenvalue weighted by atomic mass is 16.5. The summed E-state index contributed by atoms with van der Waals surface area (Å²) >= 11 is 0. The van der Waals surface area contributed by atoms with Crippen molar-refractivity contribution in [1.82, 2.24) is 4.90 Å². The molecule has 1 saturated heterocycles. The van der Waals surface area contributed by atoms with E-state index in [0.29, 0.717) is 17.8 Å². The number of fused-ring (bicyclic) bond motifs is 1. The van der Waals surface area contributed by atoms with Crippen molar-refractivity contribution in [3.05, 3.63) is 29.5 Å². The summed E-state index contributed by atoms with van der Waals surface area (Å²) in [4.78, 5) is 13.8. The summed E-state index contributed by atoms with van der Waals surface area (Å²) in [6.07, 6.45) is 1.57. The Labute approximate surface area is 134 Å². The number of hydrogen-bond acceptors (Lipinski definition) is 5. The third-order valence-corrected chi connectivity index (χ3v) is 4.20. The van der Waals surface area contributed by atoms with Gasteiger partial charge < -0.3 is 19.0 Å². The maximum atomic E-state index is 11.5. The van der Waals surface area contributed by atoms with Crippen LogP contribution in [0, 0.1) is 0 Å². The fourth-order valence-electron chi connectivity index (χ4n) is 2.98. The van der Waals surface area contributed by atoms with E-state index in [4.69, 9.17) is 13.9 Å². The highest BCUT2D eigenvalue weighted by molar-refractivity contribution is 5.95. The van der Waals surface area contributed by atoms with Crippen molar-refractivity contribution >= 4 is 16.9 Å². The number of hydrogen-bond donors (Lipinski definition) is 1. The fraction of sp³-hybridized carbons (Fsp3) is 0.471. The van der Waals surface area contributed by atoms with Crippen molar-refractivity contribution in [1.29, 1.82) is 0 Å². The number of nitrogens with zero attached hydrogens (tertiary/aromatic N) is 1. The van der Waals surface area contributed by atoms with Crippen molar-refractivity contribution in [2.24, 2.45) is 0 Å². The summed E-state index contributed by atoms with van der Waals surface area (Å²) in [5.41, 5.74) is 1.33. The average molecular weight is 319 g/mol. The van der Waals surface area contributed by atoms with E-state index in [-0.39, 0.29) is 5.76 Å². The molecule has 0 amide bonds. The number of methoxy groups -OCH3 is 1. The maximum Gasteiger partial charge on any atom is 0.372 e. The number of aromatic carboxylic acids is 1. The van der Waals surface area contributed by atoms with Crippen molar-refractivity contribution in [3.63, 3.8) is 0 Å². The Morgan fingerprint density at radius 3 is 2.83 bits per heavy atom. The van der Waals surface area contributed by atoms with Gasteiger partial charge in [-0.1, -0.05) is 0 Å². The summed E-state index contributed by atoms with van der Waals surface area (Å²) < 4.78 is 16.0. The van der Waals surface area contributed by atoms with Gasteiger partial charge in [0.15, 0.2) is 0 Å². The number of carboxylic acid groups (broad SMARTS) is 1. The molecule has 1 aliphatic rings. The predicted molar refractivity (Wildman–Crippen MR) is 85.3 cm³/mol. The van der Waals surface area contributed by atoms with Gasteiger partial charge in [0.1, 0.15) is 11.3 Å². The Morgan fingerprint density at radius 1 is 1.35 bits per heavy atom. The van der Waals surface area contributed by atoms with Crippen molar-refractivity contribution in [2.45, 2.75) is 12.8 Å². The summed E-state index contributed by atoms with van der Waals surface area (Å²) in [5, 5.41) is 10.2. The van der Waals surface area contributed by atoms with Crippen molar-refractivity contribution in [2.75, 3.05) is 40.0 Å². The van der Waals surface area contributed by atoms with E-state index < -0.39 is 5.97 Å². The lowest BCUT2D eigenvalue weighted by Crippen LogP contribution is -2.36. The van der Waals surface area contributed by atoms with Crippen molar-refractivity contribution in [3.8, 4) is 5.75 Å². The third-order valence-electron chi connectivity index (χ3n) is 4.20. The van der Waals surface area contributed by atoms with E-state index in [1.165, 1.54) is 0 Å². The number of rotatable bonds is 6. The second-order valence-corrected chi connectivity index (χ2v) is 5.63. The SMILES string of the molecule is COc1ccc2c(CCCN3CCOCC3)c(C(=O)O)oc2c1. The smallest absolute Gasteiger partial charge is 0.372 e. The Bertz CT molecular complexity index is 688. The van der Waals surface area contributed by atoms with Crippen LogP contribution in [0.15, 0.2) is 22.6 Å². The number of aryl methyl sites for hydroxylation is 1. The molecule has 0 aliphatic carbocycles. The fourth-order valence-corrected chi connectivity index (χ4v) is 2.98. The second-order valence-electron chi connectivity index (χ2n) is 5.63. The van der Waals surface area contributed by atoms with Gasteiger partial charge in [0.25, 0.3) is 0 Å². The second kappa shape index (κ2) is 7.02. The summed E-state index contributed by atoms with van der Waals surface area (Å²) in [6, 6.07) is 5.43. The highest BCUT2D eigenvalue weighted by Crippen LogP contribution is 2.30. The number of carbonyl (C=O) groups is 1. The average Bonchev–Trinajstić information content (AvgIpc) is 2.94. The van der Waals surface area contributed by atoms with Gasteiger partial charge in [0.05, 0.1) is 20.3 Å². The van der Waals surface area contributed by atoms with Crippen LogP contribution in [0.25, 0.3) is 11.0 Å². The lowest BCUT2D eigenvalue weighted by atomic mass is 10.0. The van der Waals surface area contributed by atoms with E-state index in [2.05, 4.69) is 4.90 Å². The molecule has 2 aromatic rings. The van der Waals surface area contributed by atoms with Crippen LogP contribution in [0.3, 0.4) is 0 Å². The molecule has 0 atom stereocenters. The molecule has 0 bridgehead atoms. The first kappa shape index (κ1) is 15.8. The summed E-state index contributed by atoms with van der Waals surface area (Å²) in [6.45, 7) is 4.36. The molecule has 1 N–H and O–H groups in total. The van der Waals surface area contributed by atoms with Gasteiger partial charge in [-0.2, -0.15) is 0 Å². The Hall–Kier alpha value is -2.05. The number of furan rings is 1. The first-order valence-corrected chi connectivity index (χ1v) is 7.82. The van der Waals surface area contributed by atoms with Crippen molar-refractivity contribution < 1.29 is 23.8 Å². The first-order chi connectivity index (χ1) is 11.2. The minimum absolute atomic E-state index is 0.0373. The van der Waals surface area contributed by atoms with Crippen LogP contribution in [-0.4, -0.2) is 55.9 Å². The molecule has 1 aliphatic heterocycles. The van der Waals surface area contributed by atoms with Crippen LogP contribution >= 0.6 is 0 Å². The van der Waals surface area contributed by atoms with E-state index >= 15 is 0 Å². The maximum absolute atomic E-state index is 11.5. The van der Waals surface area contributed by atoms with Crippen LogP contribution in [0.5, 0.6) is 5.75 Å². The van der Waals surface area contributed by atoms with Crippen LogP contribution < -0.4 is 4.74 Å². The molecule has 1 aromatic heterocycles. The topological polar surface area (TPSA) is 72.1 Å². The van der Waals surface area contributed by atoms with Gasteiger partial charge in [0, 0.05) is 30.1 Å². The molecule has 0 spiro atoms. The van der Waals surface area contributed by atoms with E-state index in [0.717, 1.165) is 50.2 Å². The molecule has 6 heteroatoms. The number of benzene rings is 1. The first-order valence-electron chi connectivity index (χ1n) is 7.82. The zero-order valence-corrected chi connectivity index (χ0v) is 13.2. The standard InChI is InChI=1S/C17H21NO5/c1-21-12-4-5-13-14(16(17(19)20)23-15(13)11-12)3-2-6-18-7-9-22-10-8-18/h4-5,11H,2-3,6-10H2,1H3,(H,19,20). The Kier molecular flexibility index (Phi) is 4.83. The molecule has 3 rings (SSSR count). The zero-order chi connectivity index (χ0) is 16.2. The molecule has 2 heterocycles. The van der Waals surface area contributed by atoms with Crippen LogP contribution in [0.4, 0.5) is 0 Å².